The van der Waals surface area contributed by atoms with Gasteiger partial charge in [-0.1, -0.05) is 47.1 Å². The predicted octanol–water partition coefficient (Wildman–Crippen LogP) is 5.88. The Morgan fingerprint density at radius 2 is 1.60 bits per heavy atom. The second-order valence-electron chi connectivity index (χ2n) is 6.79. The van der Waals surface area contributed by atoms with Crippen molar-refractivity contribution >= 4 is 67.7 Å². The maximum atomic E-state index is 13.0. The molecule has 0 bridgehead atoms. The molecule has 0 radical (unpaired) electrons. The number of rotatable bonds is 6. The third-order valence-electron chi connectivity index (χ3n) is 4.49. The second-order valence-corrected chi connectivity index (χ2v) is 10.0. The molecule has 0 spiro atoms. The Labute approximate surface area is 216 Å². The normalized spacial score (nSPS) is 11.6. The van der Waals surface area contributed by atoms with Crippen LogP contribution in [0.3, 0.4) is 0 Å². The van der Waals surface area contributed by atoms with Gasteiger partial charge in [-0.05, 0) is 60.9 Å². The van der Waals surface area contributed by atoms with Gasteiger partial charge in [-0.15, -0.1) is 0 Å². The molecule has 0 saturated carbocycles. The van der Waals surface area contributed by atoms with Crippen LogP contribution in [0.4, 0.5) is 10.5 Å². The summed E-state index contributed by atoms with van der Waals surface area (Å²) in [6.45, 7) is 0. The van der Waals surface area contributed by atoms with Gasteiger partial charge in [0.1, 0.15) is 10.6 Å². The average molecular weight is 552 g/mol. The van der Waals surface area contributed by atoms with Crippen LogP contribution in [0.1, 0.15) is 11.1 Å². The van der Waals surface area contributed by atoms with Crippen molar-refractivity contribution in [2.24, 2.45) is 4.99 Å². The number of hydrogen-bond acceptors (Lipinski definition) is 8. The molecule has 182 valence electrons. The minimum atomic E-state index is -4.25. The quantitative estimate of drug-likeness (QED) is 0.224. The van der Waals surface area contributed by atoms with Crippen LogP contribution in [0.25, 0.3) is 0 Å². The van der Waals surface area contributed by atoms with Crippen molar-refractivity contribution in [3.63, 3.8) is 0 Å². The number of nitrogens with one attached hydrogen (secondary N) is 2. The van der Waals surface area contributed by atoms with Gasteiger partial charge in [0, 0.05) is 21.2 Å². The summed E-state index contributed by atoms with van der Waals surface area (Å²) in [4.78, 5) is 15.8. The lowest BCUT2D eigenvalue weighted by molar-refractivity contribution is 0.177. The van der Waals surface area contributed by atoms with Crippen molar-refractivity contribution in [1.82, 2.24) is 5.32 Å². The highest BCUT2D eigenvalue weighted by Crippen LogP contribution is 2.29. The smallest absolute Gasteiger partial charge is 0.412 e. The van der Waals surface area contributed by atoms with E-state index < -0.39 is 16.2 Å². The number of thioether (sulfide) groups is 1. The van der Waals surface area contributed by atoms with E-state index in [-0.39, 0.29) is 32.8 Å². The molecule has 0 aliphatic rings. The number of amides is 1. The zero-order chi connectivity index (χ0) is 25.6. The monoisotopic (exact) mass is 551 g/mol. The van der Waals surface area contributed by atoms with Gasteiger partial charge in [-0.25, -0.2) is 9.79 Å². The molecule has 12 heteroatoms. The molecule has 3 aromatic rings. The first kappa shape index (κ1) is 26.6. The van der Waals surface area contributed by atoms with Crippen LogP contribution in [0, 0.1) is 5.41 Å². The van der Waals surface area contributed by atoms with Gasteiger partial charge < -0.3 is 8.92 Å². The van der Waals surface area contributed by atoms with E-state index in [4.69, 9.17) is 32.8 Å². The van der Waals surface area contributed by atoms with E-state index in [0.717, 1.165) is 11.8 Å². The highest BCUT2D eigenvalue weighted by molar-refractivity contribution is 8.13. The Hall–Kier alpha value is -3.05. The fraction of sp³-hybridized carbons (Fsp3) is 0.0870. The Morgan fingerprint density at radius 3 is 2.17 bits per heavy atom. The zero-order valence-corrected chi connectivity index (χ0v) is 21.6. The molecule has 3 aromatic carbocycles. The maximum absolute atomic E-state index is 13.0. The van der Waals surface area contributed by atoms with Crippen LogP contribution in [-0.2, 0) is 14.9 Å². The zero-order valence-electron chi connectivity index (χ0n) is 18.4. The molecule has 0 unspecified atom stereocenters. The second kappa shape index (κ2) is 11.6. The van der Waals surface area contributed by atoms with E-state index >= 15 is 0 Å². The molecule has 2 N–H and O–H groups in total. The van der Waals surface area contributed by atoms with Gasteiger partial charge in [0.25, 0.3) is 0 Å². The number of amidine groups is 1. The summed E-state index contributed by atoms with van der Waals surface area (Å²) in [5, 5.41) is 12.3. The van der Waals surface area contributed by atoms with Crippen LogP contribution in [0.2, 0.25) is 10.0 Å². The minimum Gasteiger partial charge on any atom is -0.453 e. The lowest BCUT2D eigenvalue weighted by atomic mass is 10.0. The molecule has 35 heavy (non-hydrogen) atoms. The fourth-order valence-corrected chi connectivity index (χ4v) is 4.36. The van der Waals surface area contributed by atoms with Crippen LogP contribution in [0.15, 0.2) is 76.6 Å². The van der Waals surface area contributed by atoms with Crippen LogP contribution in [-0.4, -0.2) is 38.8 Å². The number of carbonyl (C=O) groups is 1. The molecule has 0 aliphatic heterocycles. The van der Waals surface area contributed by atoms with Crippen LogP contribution in [0.5, 0.6) is 5.75 Å². The van der Waals surface area contributed by atoms with Gasteiger partial charge in [0.05, 0.1) is 18.5 Å². The van der Waals surface area contributed by atoms with Crippen molar-refractivity contribution in [3.05, 3.63) is 87.9 Å². The topological polar surface area (TPSA) is 118 Å². The standard InChI is InChI=1S/C23H19Cl2N3O5S2/c1-32-23(29)28-22(34-2)27-20-12-11-18(35(30,31)33-17-9-7-16(25)8-10-17)13-19(20)21(26)14-3-5-15(24)6-4-14/h3-13,26H,1-2H3,(H,27,28,29). The number of aliphatic imine (C=N–C) groups is 1. The van der Waals surface area contributed by atoms with Crippen molar-refractivity contribution in [3.8, 4) is 5.75 Å². The number of halogens is 2. The van der Waals surface area contributed by atoms with Crippen molar-refractivity contribution in [2.45, 2.75) is 4.90 Å². The van der Waals surface area contributed by atoms with Crippen molar-refractivity contribution < 1.29 is 22.1 Å². The highest BCUT2D eigenvalue weighted by Gasteiger charge is 2.21. The molecule has 3 rings (SSSR count). The molecule has 0 aliphatic carbocycles. The number of ether oxygens (including phenoxy) is 1. The Balaban J connectivity index is 2.08. The van der Waals surface area contributed by atoms with Crippen LogP contribution < -0.4 is 9.50 Å². The predicted molar refractivity (Wildman–Crippen MR) is 139 cm³/mol. The Bertz CT molecular complexity index is 1380. The Morgan fingerprint density at radius 1 is 1.00 bits per heavy atom. The first-order valence-corrected chi connectivity index (χ1v) is 13.2. The lowest BCUT2D eigenvalue weighted by Gasteiger charge is -2.13. The van der Waals surface area contributed by atoms with E-state index in [0.29, 0.717) is 15.6 Å². The van der Waals surface area contributed by atoms with E-state index in [1.807, 2.05) is 0 Å². The van der Waals surface area contributed by atoms with Gasteiger partial charge in [-0.3, -0.25) is 10.7 Å². The Kier molecular flexibility index (Phi) is 8.79. The summed E-state index contributed by atoms with van der Waals surface area (Å²) >= 11 is 12.9. The summed E-state index contributed by atoms with van der Waals surface area (Å²) in [7, 11) is -3.03. The minimum absolute atomic E-state index is 0.0116. The first-order valence-electron chi connectivity index (χ1n) is 9.79. The third kappa shape index (κ3) is 6.98. The summed E-state index contributed by atoms with van der Waals surface area (Å²) in [6.07, 6.45) is 0.973. The fourth-order valence-electron chi connectivity index (χ4n) is 2.78. The number of hydrogen-bond donors (Lipinski definition) is 2. The summed E-state index contributed by atoms with van der Waals surface area (Å²) in [5.74, 6) is 0.0813. The molecular weight excluding hydrogens is 533 g/mol. The molecule has 1 amide bonds. The highest BCUT2D eigenvalue weighted by atomic mass is 35.5. The van der Waals surface area contributed by atoms with E-state index in [9.17, 15) is 13.2 Å². The largest absolute Gasteiger partial charge is 0.453 e. The lowest BCUT2D eigenvalue weighted by Crippen LogP contribution is -2.27. The molecule has 0 saturated heterocycles. The van der Waals surface area contributed by atoms with E-state index in [2.05, 4.69) is 15.0 Å². The van der Waals surface area contributed by atoms with Gasteiger partial charge in [0.2, 0.25) is 0 Å². The third-order valence-corrected chi connectivity index (χ3v) is 6.82. The summed E-state index contributed by atoms with van der Waals surface area (Å²) in [5.41, 5.74) is 0.899. The first-order chi connectivity index (χ1) is 16.6. The van der Waals surface area contributed by atoms with E-state index in [1.165, 1.54) is 49.6 Å². The molecule has 0 aromatic heterocycles. The SMILES string of the molecule is COC(=O)NC(=Nc1ccc(S(=O)(=O)Oc2ccc(Cl)cc2)cc1C(=N)c1ccc(Cl)cc1)SC. The number of nitrogens with zero attached hydrogens (tertiary/aromatic N) is 1. The molecule has 0 atom stereocenters. The van der Waals surface area contributed by atoms with Gasteiger partial charge >= 0.3 is 16.2 Å². The summed E-state index contributed by atoms with van der Waals surface area (Å²) in [6, 6.07) is 16.4. The molecular formula is C23H19Cl2N3O5S2. The van der Waals surface area contributed by atoms with Crippen molar-refractivity contribution in [1.29, 1.82) is 5.41 Å². The number of methoxy groups -OCH3 is 1. The van der Waals surface area contributed by atoms with Gasteiger partial charge in [0.15, 0.2) is 5.17 Å². The summed E-state index contributed by atoms with van der Waals surface area (Å²) < 4.78 is 35.7. The molecule has 8 nitrogen and oxygen atoms in total. The maximum Gasteiger partial charge on any atom is 0.412 e. The van der Waals surface area contributed by atoms with E-state index in [1.54, 1.807) is 30.5 Å². The molecule has 0 fully saturated rings. The van der Waals surface area contributed by atoms with Gasteiger partial charge in [-0.2, -0.15) is 8.42 Å². The number of benzene rings is 3. The number of alkyl carbamates (subject to hydrolysis) is 1. The number of carbonyl (C=O) groups excluding carboxylic acids is 1. The molecule has 0 heterocycles. The van der Waals surface area contributed by atoms with Crippen LogP contribution >= 0.6 is 35.0 Å². The van der Waals surface area contributed by atoms with Crippen molar-refractivity contribution in [2.75, 3.05) is 13.4 Å². The average Bonchev–Trinajstić information content (AvgIpc) is 2.84.